The minimum absolute atomic E-state index is 0.142. The molecule has 0 bridgehead atoms. The van der Waals surface area contributed by atoms with Crippen LogP contribution in [0.2, 0.25) is 0 Å². The molecule has 18 heavy (non-hydrogen) atoms. The Kier molecular flexibility index (Phi) is 3.68. The Morgan fingerprint density at radius 2 is 2.28 bits per heavy atom. The van der Waals surface area contributed by atoms with Crippen LogP contribution in [0.15, 0.2) is 18.2 Å². The first-order chi connectivity index (χ1) is 8.52. The van der Waals surface area contributed by atoms with E-state index in [0.717, 1.165) is 11.1 Å². The van der Waals surface area contributed by atoms with Gasteiger partial charge in [0.2, 0.25) is 0 Å². The van der Waals surface area contributed by atoms with Gasteiger partial charge in [0.15, 0.2) is 0 Å². The quantitative estimate of drug-likeness (QED) is 0.846. The van der Waals surface area contributed by atoms with Crippen LogP contribution in [0.25, 0.3) is 0 Å². The number of nitrogens with one attached hydrogen (secondary N) is 1. The molecule has 1 aliphatic rings. The molecule has 2 N–H and O–H groups in total. The Morgan fingerprint density at radius 3 is 2.94 bits per heavy atom. The number of amides is 1. The lowest BCUT2D eigenvalue weighted by Gasteiger charge is -2.21. The lowest BCUT2D eigenvalue weighted by molar-refractivity contribution is 0.0264. The maximum atomic E-state index is 12.1. The van der Waals surface area contributed by atoms with Gasteiger partial charge in [-0.15, -0.1) is 0 Å². The highest BCUT2D eigenvalue weighted by atomic mass is 16.5. The number of carbonyl (C=O) groups excluding carboxylic acids is 1. The summed E-state index contributed by atoms with van der Waals surface area (Å²) < 4.78 is 5.14. The van der Waals surface area contributed by atoms with Gasteiger partial charge >= 0.3 is 0 Å². The van der Waals surface area contributed by atoms with Crippen molar-refractivity contribution < 1.29 is 14.6 Å². The van der Waals surface area contributed by atoms with E-state index in [9.17, 15) is 9.90 Å². The summed E-state index contributed by atoms with van der Waals surface area (Å²) in [5.74, 6) is -0.142. The summed E-state index contributed by atoms with van der Waals surface area (Å²) in [4.78, 5) is 12.1. The zero-order chi connectivity index (χ0) is 13.2. The molecule has 1 atom stereocenters. The van der Waals surface area contributed by atoms with E-state index in [-0.39, 0.29) is 12.5 Å². The minimum Gasteiger partial charge on any atom is -0.386 e. The van der Waals surface area contributed by atoms with Crippen LogP contribution < -0.4 is 5.32 Å². The van der Waals surface area contributed by atoms with Gasteiger partial charge in [-0.2, -0.15) is 0 Å². The Bertz CT molecular complexity index is 450. The fourth-order valence-electron chi connectivity index (χ4n) is 2.07. The molecule has 4 heteroatoms. The van der Waals surface area contributed by atoms with Crippen LogP contribution in [0.3, 0.4) is 0 Å². The van der Waals surface area contributed by atoms with Gasteiger partial charge in [-0.1, -0.05) is 12.1 Å². The molecule has 1 saturated heterocycles. The highest BCUT2D eigenvalue weighted by Gasteiger charge is 2.32. The Hall–Kier alpha value is -1.39. The van der Waals surface area contributed by atoms with Crippen molar-refractivity contribution in [3.63, 3.8) is 0 Å². The average Bonchev–Trinajstić information content (AvgIpc) is 2.77. The number of benzene rings is 1. The minimum atomic E-state index is -0.909. The van der Waals surface area contributed by atoms with E-state index in [1.165, 1.54) is 0 Å². The molecule has 2 rings (SSSR count). The van der Waals surface area contributed by atoms with Crippen molar-refractivity contribution in [2.45, 2.75) is 25.9 Å². The van der Waals surface area contributed by atoms with E-state index in [0.29, 0.717) is 25.2 Å². The molecule has 98 valence electrons. The van der Waals surface area contributed by atoms with Crippen molar-refractivity contribution in [1.82, 2.24) is 5.32 Å². The molecule has 1 unspecified atom stereocenters. The number of aryl methyl sites for hydroxylation is 1. The summed E-state index contributed by atoms with van der Waals surface area (Å²) in [7, 11) is 0. The Morgan fingerprint density at radius 1 is 1.50 bits per heavy atom. The maximum Gasteiger partial charge on any atom is 0.251 e. The summed E-state index contributed by atoms with van der Waals surface area (Å²) in [5, 5.41) is 12.9. The first-order valence-electron chi connectivity index (χ1n) is 6.16. The molecule has 0 spiro atoms. The monoisotopic (exact) mass is 249 g/mol. The van der Waals surface area contributed by atoms with Crippen molar-refractivity contribution in [3.8, 4) is 0 Å². The highest BCUT2D eigenvalue weighted by Crippen LogP contribution is 2.18. The molecule has 1 aromatic carbocycles. The normalized spacial score (nSPS) is 23.1. The van der Waals surface area contributed by atoms with Crippen LogP contribution in [0.1, 0.15) is 27.9 Å². The van der Waals surface area contributed by atoms with Gasteiger partial charge in [0, 0.05) is 25.1 Å². The second kappa shape index (κ2) is 5.08. The lowest BCUT2D eigenvalue weighted by atomic mass is 10.0. The number of hydrogen-bond acceptors (Lipinski definition) is 3. The third-order valence-electron chi connectivity index (χ3n) is 3.51. The van der Waals surface area contributed by atoms with Crippen LogP contribution in [0.4, 0.5) is 0 Å². The summed E-state index contributed by atoms with van der Waals surface area (Å²) in [6.07, 6.45) is 0.570. The van der Waals surface area contributed by atoms with Crippen molar-refractivity contribution in [1.29, 1.82) is 0 Å². The smallest absolute Gasteiger partial charge is 0.251 e. The third kappa shape index (κ3) is 2.71. The Labute approximate surface area is 107 Å². The van der Waals surface area contributed by atoms with Crippen LogP contribution in [-0.4, -0.2) is 36.4 Å². The second-order valence-corrected chi connectivity index (χ2v) is 4.96. The fourth-order valence-corrected chi connectivity index (χ4v) is 2.07. The van der Waals surface area contributed by atoms with Gasteiger partial charge < -0.3 is 15.2 Å². The SMILES string of the molecule is Cc1cccc(C(=O)NCC2(O)CCOC2)c1C. The van der Waals surface area contributed by atoms with Crippen molar-refractivity contribution in [3.05, 3.63) is 34.9 Å². The predicted molar refractivity (Wildman–Crippen MR) is 68.6 cm³/mol. The summed E-state index contributed by atoms with van der Waals surface area (Å²) in [5.41, 5.74) is 1.82. The summed E-state index contributed by atoms with van der Waals surface area (Å²) in [6, 6.07) is 5.64. The van der Waals surface area contributed by atoms with Crippen LogP contribution in [0, 0.1) is 13.8 Å². The van der Waals surface area contributed by atoms with E-state index >= 15 is 0 Å². The van der Waals surface area contributed by atoms with Gasteiger partial charge in [-0.3, -0.25) is 4.79 Å². The molecule has 1 aromatic rings. The van der Waals surface area contributed by atoms with E-state index in [1.807, 2.05) is 26.0 Å². The van der Waals surface area contributed by atoms with Crippen molar-refractivity contribution >= 4 is 5.91 Å². The van der Waals surface area contributed by atoms with Crippen molar-refractivity contribution in [2.75, 3.05) is 19.8 Å². The molecule has 4 nitrogen and oxygen atoms in total. The number of rotatable bonds is 3. The standard InChI is InChI=1S/C14H19NO3/c1-10-4-3-5-12(11(10)2)13(16)15-8-14(17)6-7-18-9-14/h3-5,17H,6-9H2,1-2H3,(H,15,16). The van der Waals surface area contributed by atoms with Gasteiger partial charge in [-0.05, 0) is 31.0 Å². The molecule has 1 aliphatic heterocycles. The zero-order valence-corrected chi connectivity index (χ0v) is 10.8. The van der Waals surface area contributed by atoms with E-state index in [2.05, 4.69) is 5.32 Å². The van der Waals surface area contributed by atoms with Gasteiger partial charge in [0.1, 0.15) is 5.60 Å². The molecular formula is C14H19NO3. The van der Waals surface area contributed by atoms with E-state index in [1.54, 1.807) is 6.07 Å². The Balaban J connectivity index is 2.01. The summed E-state index contributed by atoms with van der Waals surface area (Å²) in [6.45, 7) is 4.98. The van der Waals surface area contributed by atoms with Gasteiger partial charge in [0.25, 0.3) is 5.91 Å². The molecule has 0 aromatic heterocycles. The van der Waals surface area contributed by atoms with Gasteiger partial charge in [-0.25, -0.2) is 0 Å². The number of carbonyl (C=O) groups is 1. The van der Waals surface area contributed by atoms with E-state index in [4.69, 9.17) is 4.74 Å². The number of hydrogen-bond donors (Lipinski definition) is 2. The van der Waals surface area contributed by atoms with E-state index < -0.39 is 5.60 Å². The van der Waals surface area contributed by atoms with Crippen LogP contribution >= 0.6 is 0 Å². The molecule has 1 heterocycles. The zero-order valence-electron chi connectivity index (χ0n) is 10.8. The molecule has 1 amide bonds. The number of aliphatic hydroxyl groups is 1. The maximum absolute atomic E-state index is 12.1. The first kappa shape index (κ1) is 13.1. The summed E-state index contributed by atoms with van der Waals surface area (Å²) >= 11 is 0. The number of ether oxygens (including phenoxy) is 1. The molecule has 1 fully saturated rings. The molecule has 0 aliphatic carbocycles. The van der Waals surface area contributed by atoms with Crippen LogP contribution in [0.5, 0.6) is 0 Å². The lowest BCUT2D eigenvalue weighted by Crippen LogP contribution is -2.43. The fraction of sp³-hybridized carbons (Fsp3) is 0.500. The predicted octanol–water partition coefficient (Wildman–Crippen LogP) is 1.18. The van der Waals surface area contributed by atoms with Crippen LogP contribution in [-0.2, 0) is 4.74 Å². The highest BCUT2D eigenvalue weighted by molar-refractivity contribution is 5.95. The molecule has 0 saturated carbocycles. The first-order valence-corrected chi connectivity index (χ1v) is 6.16. The molecular weight excluding hydrogens is 230 g/mol. The third-order valence-corrected chi connectivity index (χ3v) is 3.51. The largest absolute Gasteiger partial charge is 0.386 e. The van der Waals surface area contributed by atoms with Gasteiger partial charge in [0.05, 0.1) is 6.61 Å². The second-order valence-electron chi connectivity index (χ2n) is 4.96. The topological polar surface area (TPSA) is 58.6 Å². The average molecular weight is 249 g/mol. The molecule has 0 radical (unpaired) electrons. The van der Waals surface area contributed by atoms with Crippen molar-refractivity contribution in [2.24, 2.45) is 0 Å².